The SMILES string of the molecule is COc1cc(NC(=O)OCCCN2CCC(C(=O)c3ccc(I)cc3)CC2)cc(OC)c1OC. The van der Waals surface area contributed by atoms with E-state index < -0.39 is 6.09 Å². The molecule has 0 spiro atoms. The van der Waals surface area contributed by atoms with Gasteiger partial charge in [-0.1, -0.05) is 12.1 Å². The van der Waals surface area contributed by atoms with Crippen molar-refractivity contribution in [3.63, 3.8) is 0 Å². The number of piperidine rings is 1. The van der Waals surface area contributed by atoms with Gasteiger partial charge in [0.15, 0.2) is 17.3 Å². The van der Waals surface area contributed by atoms with Crippen molar-refractivity contribution in [2.24, 2.45) is 5.92 Å². The Labute approximate surface area is 214 Å². The highest BCUT2D eigenvalue weighted by atomic mass is 127. The highest BCUT2D eigenvalue weighted by Crippen LogP contribution is 2.39. The Bertz CT molecular complexity index is 949. The van der Waals surface area contributed by atoms with Gasteiger partial charge < -0.3 is 23.8 Å². The first-order chi connectivity index (χ1) is 16.4. The number of methoxy groups -OCH3 is 3. The summed E-state index contributed by atoms with van der Waals surface area (Å²) in [5.41, 5.74) is 1.28. The molecule has 1 N–H and O–H groups in total. The maximum Gasteiger partial charge on any atom is 0.411 e. The maximum atomic E-state index is 12.7. The van der Waals surface area contributed by atoms with Crippen molar-refractivity contribution in [1.82, 2.24) is 4.90 Å². The molecule has 3 rings (SSSR count). The first-order valence-corrected chi connectivity index (χ1v) is 12.3. The van der Waals surface area contributed by atoms with E-state index in [1.807, 2.05) is 24.3 Å². The number of ketones is 1. The average Bonchev–Trinajstić information content (AvgIpc) is 2.86. The lowest BCUT2D eigenvalue weighted by atomic mass is 9.89. The molecule has 1 aliphatic heterocycles. The molecular weight excluding hydrogens is 551 g/mol. The van der Waals surface area contributed by atoms with Gasteiger partial charge in [-0.05, 0) is 67.1 Å². The topological polar surface area (TPSA) is 86.3 Å². The molecular formula is C25H31IN2O6. The van der Waals surface area contributed by atoms with Crippen LogP contribution in [-0.2, 0) is 4.74 Å². The predicted molar refractivity (Wildman–Crippen MR) is 138 cm³/mol. The summed E-state index contributed by atoms with van der Waals surface area (Å²) in [7, 11) is 4.55. The van der Waals surface area contributed by atoms with E-state index in [1.165, 1.54) is 21.3 Å². The minimum atomic E-state index is -0.545. The Balaban J connectivity index is 1.38. The zero-order valence-corrected chi connectivity index (χ0v) is 21.9. The molecule has 184 valence electrons. The molecule has 1 saturated heterocycles. The second kappa shape index (κ2) is 12.8. The summed E-state index contributed by atoms with van der Waals surface area (Å²) in [4.78, 5) is 27.2. The Hall–Kier alpha value is -2.53. The van der Waals surface area contributed by atoms with Crippen molar-refractivity contribution < 1.29 is 28.5 Å². The monoisotopic (exact) mass is 582 g/mol. The van der Waals surface area contributed by atoms with Crippen LogP contribution in [0.3, 0.4) is 0 Å². The van der Waals surface area contributed by atoms with E-state index in [0.717, 1.165) is 48.0 Å². The van der Waals surface area contributed by atoms with Gasteiger partial charge >= 0.3 is 6.09 Å². The van der Waals surface area contributed by atoms with Crippen LogP contribution in [0.15, 0.2) is 36.4 Å². The smallest absolute Gasteiger partial charge is 0.411 e. The molecule has 0 radical (unpaired) electrons. The van der Waals surface area contributed by atoms with E-state index in [9.17, 15) is 9.59 Å². The highest BCUT2D eigenvalue weighted by molar-refractivity contribution is 14.1. The number of benzene rings is 2. The van der Waals surface area contributed by atoms with Crippen LogP contribution < -0.4 is 19.5 Å². The fourth-order valence-electron chi connectivity index (χ4n) is 4.03. The van der Waals surface area contributed by atoms with Gasteiger partial charge in [-0.15, -0.1) is 0 Å². The molecule has 9 heteroatoms. The van der Waals surface area contributed by atoms with E-state index in [-0.39, 0.29) is 11.7 Å². The molecule has 2 aromatic rings. The molecule has 0 unspecified atom stereocenters. The van der Waals surface area contributed by atoms with Crippen LogP contribution in [0.2, 0.25) is 0 Å². The fraction of sp³-hybridized carbons (Fsp3) is 0.440. The van der Waals surface area contributed by atoms with Crippen molar-refractivity contribution in [2.45, 2.75) is 19.3 Å². The zero-order chi connectivity index (χ0) is 24.5. The number of amides is 1. The molecule has 0 atom stereocenters. The molecule has 8 nitrogen and oxygen atoms in total. The molecule has 1 amide bonds. The van der Waals surface area contributed by atoms with Crippen molar-refractivity contribution in [2.75, 3.05) is 52.9 Å². The summed E-state index contributed by atoms with van der Waals surface area (Å²) in [6, 6.07) is 11.1. The Morgan fingerprint density at radius 2 is 1.62 bits per heavy atom. The second-order valence-electron chi connectivity index (χ2n) is 8.02. The van der Waals surface area contributed by atoms with Crippen LogP contribution in [-0.4, -0.2) is 64.3 Å². The standard InChI is InChI=1S/C25H31IN2O6/c1-31-21-15-20(16-22(32-2)24(21)33-3)27-25(30)34-14-4-11-28-12-9-18(10-13-28)23(29)17-5-7-19(26)8-6-17/h5-8,15-16,18H,4,9-14H2,1-3H3,(H,27,30). The first kappa shape index (κ1) is 26.1. The molecule has 0 saturated carbocycles. The average molecular weight is 582 g/mol. The number of likely N-dealkylation sites (tertiary alicyclic amines) is 1. The molecule has 2 aromatic carbocycles. The fourth-order valence-corrected chi connectivity index (χ4v) is 4.39. The number of hydrogen-bond acceptors (Lipinski definition) is 7. The molecule has 1 heterocycles. The number of nitrogens with one attached hydrogen (secondary N) is 1. The minimum absolute atomic E-state index is 0.0804. The van der Waals surface area contributed by atoms with Gasteiger partial charge in [-0.25, -0.2) is 4.79 Å². The summed E-state index contributed by atoms with van der Waals surface area (Å²) in [6.07, 6.45) is 1.88. The number of hydrogen-bond donors (Lipinski definition) is 1. The third kappa shape index (κ3) is 6.99. The molecule has 0 aromatic heterocycles. The summed E-state index contributed by atoms with van der Waals surface area (Å²) in [5, 5.41) is 2.69. The number of Topliss-reactive ketones (excluding diaryl/α,β-unsaturated/α-hetero) is 1. The van der Waals surface area contributed by atoms with Gasteiger partial charge in [0.2, 0.25) is 5.75 Å². The predicted octanol–water partition coefficient (Wildman–Crippen LogP) is 4.85. The van der Waals surface area contributed by atoms with Crippen molar-refractivity contribution in [1.29, 1.82) is 0 Å². The molecule has 0 aliphatic carbocycles. The lowest BCUT2D eigenvalue weighted by Crippen LogP contribution is -2.37. The number of ether oxygens (including phenoxy) is 4. The second-order valence-corrected chi connectivity index (χ2v) is 9.26. The van der Waals surface area contributed by atoms with Crippen LogP contribution in [0.25, 0.3) is 0 Å². The van der Waals surface area contributed by atoms with Gasteiger partial charge in [-0.3, -0.25) is 10.1 Å². The highest BCUT2D eigenvalue weighted by Gasteiger charge is 2.25. The lowest BCUT2D eigenvalue weighted by Gasteiger charge is -2.31. The van der Waals surface area contributed by atoms with Crippen LogP contribution in [0.1, 0.15) is 29.6 Å². The van der Waals surface area contributed by atoms with Crippen molar-refractivity contribution in [3.8, 4) is 17.2 Å². The van der Waals surface area contributed by atoms with Crippen molar-refractivity contribution in [3.05, 3.63) is 45.5 Å². The van der Waals surface area contributed by atoms with E-state index in [2.05, 4.69) is 32.8 Å². The third-order valence-corrected chi connectivity index (χ3v) is 6.57. The molecule has 1 fully saturated rings. The van der Waals surface area contributed by atoms with Crippen LogP contribution in [0.4, 0.5) is 10.5 Å². The van der Waals surface area contributed by atoms with E-state index in [4.69, 9.17) is 18.9 Å². The van der Waals surface area contributed by atoms with Crippen molar-refractivity contribution >= 4 is 40.2 Å². The first-order valence-electron chi connectivity index (χ1n) is 11.2. The summed E-state index contributed by atoms with van der Waals surface area (Å²) in [5.74, 6) is 1.66. The number of anilines is 1. The quantitative estimate of drug-likeness (QED) is 0.244. The van der Waals surface area contributed by atoms with Gasteiger partial charge in [0, 0.05) is 33.7 Å². The van der Waals surface area contributed by atoms with Crippen LogP contribution in [0.5, 0.6) is 17.2 Å². The van der Waals surface area contributed by atoms with Gasteiger partial charge in [0.05, 0.1) is 33.6 Å². The Kier molecular flexibility index (Phi) is 9.82. The maximum absolute atomic E-state index is 12.7. The number of rotatable bonds is 10. The van der Waals surface area contributed by atoms with Gasteiger partial charge in [0.25, 0.3) is 0 Å². The molecule has 0 bridgehead atoms. The lowest BCUT2D eigenvalue weighted by molar-refractivity contribution is 0.0830. The minimum Gasteiger partial charge on any atom is -0.493 e. The summed E-state index contributed by atoms with van der Waals surface area (Å²) < 4.78 is 22.3. The number of carbonyl (C=O) groups excluding carboxylic acids is 2. The number of nitrogens with zero attached hydrogens (tertiary/aromatic N) is 1. The van der Waals surface area contributed by atoms with Crippen LogP contribution in [0, 0.1) is 9.49 Å². The van der Waals surface area contributed by atoms with E-state index in [1.54, 1.807) is 12.1 Å². The van der Waals surface area contributed by atoms with Crippen LogP contribution >= 0.6 is 22.6 Å². The van der Waals surface area contributed by atoms with E-state index in [0.29, 0.717) is 29.5 Å². The number of carbonyl (C=O) groups is 2. The number of halogens is 1. The summed E-state index contributed by atoms with van der Waals surface area (Å²) >= 11 is 2.24. The summed E-state index contributed by atoms with van der Waals surface area (Å²) in [6.45, 7) is 2.87. The van der Waals surface area contributed by atoms with Gasteiger partial charge in [-0.2, -0.15) is 0 Å². The van der Waals surface area contributed by atoms with E-state index >= 15 is 0 Å². The Morgan fingerprint density at radius 3 is 2.18 bits per heavy atom. The normalized spacial score (nSPS) is 14.4. The third-order valence-electron chi connectivity index (χ3n) is 5.85. The zero-order valence-electron chi connectivity index (χ0n) is 19.8. The largest absolute Gasteiger partial charge is 0.493 e. The van der Waals surface area contributed by atoms with Gasteiger partial charge in [0.1, 0.15) is 0 Å². The Morgan fingerprint density at radius 1 is 1.00 bits per heavy atom. The molecule has 34 heavy (non-hydrogen) atoms. The molecule has 1 aliphatic rings.